The Labute approximate surface area is 98.7 Å². The maximum absolute atomic E-state index is 13.1. The van der Waals surface area contributed by atoms with Crippen LogP contribution in [-0.2, 0) is 0 Å². The van der Waals surface area contributed by atoms with Gasteiger partial charge in [0.2, 0.25) is 5.82 Å². The van der Waals surface area contributed by atoms with E-state index >= 15 is 0 Å². The summed E-state index contributed by atoms with van der Waals surface area (Å²) < 4.78 is 13.8. The van der Waals surface area contributed by atoms with Crippen LogP contribution in [0, 0.1) is 12.7 Å². The van der Waals surface area contributed by atoms with Crippen LogP contribution in [0.1, 0.15) is 5.69 Å². The second-order valence-electron chi connectivity index (χ2n) is 3.15. The van der Waals surface area contributed by atoms with Gasteiger partial charge in [0.15, 0.2) is 5.82 Å². The molecule has 2 heterocycles. The molecule has 4 nitrogen and oxygen atoms in total. The van der Waals surface area contributed by atoms with Crippen LogP contribution >= 0.6 is 15.9 Å². The number of aromatic amines is 1. The van der Waals surface area contributed by atoms with E-state index in [1.165, 1.54) is 6.92 Å². The Morgan fingerprint density at radius 3 is 2.88 bits per heavy atom. The van der Waals surface area contributed by atoms with E-state index in [-0.39, 0.29) is 11.5 Å². The smallest absolute Gasteiger partial charge is 0.287 e. The maximum Gasteiger partial charge on any atom is 0.287 e. The first kappa shape index (κ1) is 10.9. The van der Waals surface area contributed by atoms with Gasteiger partial charge in [0.25, 0.3) is 5.56 Å². The average Bonchev–Trinajstić information content (AvgIpc) is 2.26. The van der Waals surface area contributed by atoms with Crippen molar-refractivity contribution in [3.05, 3.63) is 44.7 Å². The van der Waals surface area contributed by atoms with E-state index in [4.69, 9.17) is 0 Å². The highest BCUT2D eigenvalue weighted by molar-refractivity contribution is 9.10. The van der Waals surface area contributed by atoms with Crippen molar-refractivity contribution in [3.8, 4) is 11.5 Å². The third-order valence-corrected chi connectivity index (χ3v) is 2.65. The first-order valence-electron chi connectivity index (χ1n) is 4.47. The molecule has 0 aromatic carbocycles. The van der Waals surface area contributed by atoms with Gasteiger partial charge in [0.1, 0.15) is 5.69 Å². The van der Waals surface area contributed by atoms with Crippen molar-refractivity contribution >= 4 is 15.9 Å². The van der Waals surface area contributed by atoms with Crippen molar-refractivity contribution in [2.24, 2.45) is 0 Å². The molecule has 82 valence electrons. The standard InChI is InChI=1S/C10H7BrFN3O/c1-5-7(12)10(16)15-9(14-5)8-6(11)3-2-4-13-8/h2-4H,1H3,(H,14,15,16). The number of pyridine rings is 1. The van der Waals surface area contributed by atoms with Gasteiger partial charge in [-0.25, -0.2) is 4.98 Å². The van der Waals surface area contributed by atoms with Crippen molar-refractivity contribution < 1.29 is 4.39 Å². The van der Waals surface area contributed by atoms with E-state index in [0.29, 0.717) is 10.2 Å². The molecule has 0 fully saturated rings. The quantitative estimate of drug-likeness (QED) is 0.871. The molecule has 2 aromatic heterocycles. The van der Waals surface area contributed by atoms with E-state index < -0.39 is 11.4 Å². The number of nitrogens with zero attached hydrogens (tertiary/aromatic N) is 2. The third-order valence-electron chi connectivity index (χ3n) is 2.01. The SMILES string of the molecule is Cc1nc(-c2ncccc2Br)[nH]c(=O)c1F. The lowest BCUT2D eigenvalue weighted by Crippen LogP contribution is -2.15. The van der Waals surface area contributed by atoms with Gasteiger partial charge < -0.3 is 4.98 Å². The summed E-state index contributed by atoms with van der Waals surface area (Å²) in [6, 6.07) is 3.50. The van der Waals surface area contributed by atoms with Gasteiger partial charge in [-0.05, 0) is 35.0 Å². The first-order valence-corrected chi connectivity index (χ1v) is 5.26. The molecule has 0 aliphatic heterocycles. The van der Waals surface area contributed by atoms with Gasteiger partial charge in [0, 0.05) is 10.7 Å². The third kappa shape index (κ3) is 1.88. The van der Waals surface area contributed by atoms with E-state index in [1.54, 1.807) is 18.3 Å². The zero-order chi connectivity index (χ0) is 11.7. The summed E-state index contributed by atoms with van der Waals surface area (Å²) in [5, 5.41) is 0. The number of nitrogens with one attached hydrogen (secondary N) is 1. The molecule has 16 heavy (non-hydrogen) atoms. The van der Waals surface area contributed by atoms with Crippen LogP contribution in [0.4, 0.5) is 4.39 Å². The number of H-pyrrole nitrogens is 1. The van der Waals surface area contributed by atoms with Crippen LogP contribution in [0.2, 0.25) is 0 Å². The van der Waals surface area contributed by atoms with Gasteiger partial charge in [-0.3, -0.25) is 9.78 Å². The number of aromatic nitrogens is 3. The van der Waals surface area contributed by atoms with Gasteiger partial charge in [-0.1, -0.05) is 0 Å². The number of aryl methyl sites for hydroxylation is 1. The summed E-state index contributed by atoms with van der Waals surface area (Å²) >= 11 is 3.28. The fourth-order valence-corrected chi connectivity index (χ4v) is 1.69. The van der Waals surface area contributed by atoms with E-state index in [0.717, 1.165) is 0 Å². The van der Waals surface area contributed by atoms with Crippen molar-refractivity contribution in [2.45, 2.75) is 6.92 Å². The first-order chi connectivity index (χ1) is 7.59. The maximum atomic E-state index is 13.1. The van der Waals surface area contributed by atoms with Gasteiger partial charge in [-0.15, -0.1) is 0 Å². The van der Waals surface area contributed by atoms with Crippen LogP contribution in [-0.4, -0.2) is 15.0 Å². The number of hydrogen-bond acceptors (Lipinski definition) is 3. The minimum atomic E-state index is -0.865. The summed E-state index contributed by atoms with van der Waals surface area (Å²) in [4.78, 5) is 21.6. The molecule has 0 saturated heterocycles. The van der Waals surface area contributed by atoms with E-state index in [9.17, 15) is 9.18 Å². The summed E-state index contributed by atoms with van der Waals surface area (Å²) in [6.45, 7) is 1.44. The van der Waals surface area contributed by atoms with Crippen molar-refractivity contribution in [1.82, 2.24) is 15.0 Å². The summed E-state index contributed by atoms with van der Waals surface area (Å²) in [5.41, 5.74) is -0.265. The highest BCUT2D eigenvalue weighted by atomic mass is 79.9. The zero-order valence-electron chi connectivity index (χ0n) is 8.29. The molecular weight excluding hydrogens is 277 g/mol. The average molecular weight is 284 g/mol. The second kappa shape index (κ2) is 4.13. The second-order valence-corrected chi connectivity index (χ2v) is 4.00. The Hall–Kier alpha value is -1.56. The molecule has 2 aromatic rings. The molecule has 0 bridgehead atoms. The molecule has 0 aliphatic rings. The fourth-order valence-electron chi connectivity index (χ4n) is 1.24. The molecule has 2 rings (SSSR count). The van der Waals surface area contributed by atoms with Crippen molar-refractivity contribution in [1.29, 1.82) is 0 Å². The van der Waals surface area contributed by atoms with Crippen LogP contribution in [0.15, 0.2) is 27.6 Å². The fraction of sp³-hybridized carbons (Fsp3) is 0.100. The number of halogens is 2. The van der Waals surface area contributed by atoms with E-state index in [1.807, 2.05) is 0 Å². The van der Waals surface area contributed by atoms with Gasteiger partial charge >= 0.3 is 0 Å². The highest BCUT2D eigenvalue weighted by Gasteiger charge is 2.11. The van der Waals surface area contributed by atoms with Crippen LogP contribution < -0.4 is 5.56 Å². The molecule has 0 spiro atoms. The normalized spacial score (nSPS) is 10.4. The molecule has 0 amide bonds. The lowest BCUT2D eigenvalue weighted by Gasteiger charge is -2.03. The largest absolute Gasteiger partial charge is 0.303 e. The molecule has 6 heteroatoms. The Kier molecular flexibility index (Phi) is 2.82. The predicted molar refractivity (Wildman–Crippen MR) is 60.5 cm³/mol. The van der Waals surface area contributed by atoms with Crippen LogP contribution in [0.5, 0.6) is 0 Å². The minimum absolute atomic E-state index is 0.0521. The molecule has 0 unspecified atom stereocenters. The van der Waals surface area contributed by atoms with E-state index in [2.05, 4.69) is 30.9 Å². The summed E-state index contributed by atoms with van der Waals surface area (Å²) in [5.74, 6) is -0.618. The molecule has 0 saturated carbocycles. The van der Waals surface area contributed by atoms with Gasteiger partial charge in [0.05, 0.1) is 5.69 Å². The lowest BCUT2D eigenvalue weighted by molar-refractivity contribution is 0.589. The molecule has 0 aliphatic carbocycles. The topological polar surface area (TPSA) is 58.6 Å². The Morgan fingerprint density at radius 2 is 2.25 bits per heavy atom. The molecule has 0 radical (unpaired) electrons. The van der Waals surface area contributed by atoms with Crippen LogP contribution in [0.3, 0.4) is 0 Å². The Balaban J connectivity index is 2.67. The highest BCUT2D eigenvalue weighted by Crippen LogP contribution is 2.21. The summed E-state index contributed by atoms with van der Waals surface area (Å²) in [7, 11) is 0. The number of rotatable bonds is 1. The Morgan fingerprint density at radius 1 is 1.50 bits per heavy atom. The minimum Gasteiger partial charge on any atom is -0.303 e. The predicted octanol–water partition coefficient (Wildman–Crippen LogP) is 2.04. The Bertz CT molecular complexity index is 597. The lowest BCUT2D eigenvalue weighted by atomic mass is 10.3. The molecule has 0 atom stereocenters. The summed E-state index contributed by atoms with van der Waals surface area (Å²) in [6.07, 6.45) is 1.57. The molecule has 1 N–H and O–H groups in total. The monoisotopic (exact) mass is 283 g/mol. The number of hydrogen-bond donors (Lipinski definition) is 1. The van der Waals surface area contributed by atoms with Gasteiger partial charge in [-0.2, -0.15) is 4.39 Å². The van der Waals surface area contributed by atoms with Crippen molar-refractivity contribution in [3.63, 3.8) is 0 Å². The van der Waals surface area contributed by atoms with Crippen LogP contribution in [0.25, 0.3) is 11.5 Å². The molecular formula is C10H7BrFN3O. The zero-order valence-corrected chi connectivity index (χ0v) is 9.88. The van der Waals surface area contributed by atoms with Crippen molar-refractivity contribution in [2.75, 3.05) is 0 Å².